The average Bonchev–Trinajstić information content (AvgIpc) is 2.71. The van der Waals surface area contributed by atoms with Crippen LogP contribution in [0.25, 0.3) is 16.5 Å². The fourth-order valence-electron chi connectivity index (χ4n) is 2.52. The number of carbonyl (C=O) groups excluding carboxylic acids is 1. The topological polar surface area (TPSA) is 30.2 Å². The highest BCUT2D eigenvalue weighted by Crippen LogP contribution is 2.31. The fourth-order valence-corrected chi connectivity index (χ4v) is 2.52. The Morgan fingerprint density at radius 3 is 2.44 bits per heavy atom. The van der Waals surface area contributed by atoms with Gasteiger partial charge in [-0.2, -0.15) is 0 Å². The lowest BCUT2D eigenvalue weighted by Gasteiger charge is -2.12. The molecule has 1 aromatic carbocycles. The Kier molecular flexibility index (Phi) is 3.37. The van der Waals surface area contributed by atoms with Crippen molar-refractivity contribution in [1.82, 2.24) is 0 Å². The molecule has 0 unspecified atom stereocenters. The molecule has 94 valence electrons. The zero-order valence-electron chi connectivity index (χ0n) is 11.3. The first-order valence-electron chi connectivity index (χ1n) is 6.20. The molecule has 2 heteroatoms. The second kappa shape index (κ2) is 4.81. The van der Waals surface area contributed by atoms with Gasteiger partial charge in [0.15, 0.2) is 5.78 Å². The lowest BCUT2D eigenvalue weighted by molar-refractivity contribution is -0.113. The van der Waals surface area contributed by atoms with Crippen molar-refractivity contribution in [2.75, 3.05) is 0 Å². The molecule has 1 heterocycles. The third kappa shape index (κ3) is 2.10. The molecule has 2 nitrogen and oxygen atoms in total. The maximum atomic E-state index is 11.8. The molecular formula is C16H18O2. The minimum absolute atomic E-state index is 0.132. The molecule has 0 atom stereocenters. The predicted octanol–water partition coefficient (Wildman–Crippen LogP) is 4.45. The van der Waals surface area contributed by atoms with Crippen LogP contribution in [-0.4, -0.2) is 5.78 Å². The van der Waals surface area contributed by atoms with Gasteiger partial charge in [0.25, 0.3) is 0 Å². The molecule has 1 aromatic heterocycles. The Labute approximate surface area is 107 Å². The monoisotopic (exact) mass is 242 g/mol. The van der Waals surface area contributed by atoms with Gasteiger partial charge < -0.3 is 4.42 Å². The van der Waals surface area contributed by atoms with Gasteiger partial charge in [0.1, 0.15) is 5.58 Å². The molecule has 18 heavy (non-hydrogen) atoms. The molecule has 0 bridgehead atoms. The van der Waals surface area contributed by atoms with Crippen molar-refractivity contribution in [3.8, 4) is 0 Å². The molecule has 0 aliphatic carbocycles. The van der Waals surface area contributed by atoms with Gasteiger partial charge >= 0.3 is 0 Å². The highest BCUT2D eigenvalue weighted by Gasteiger charge is 2.16. The maximum absolute atomic E-state index is 11.8. The van der Waals surface area contributed by atoms with Crippen LogP contribution in [0.5, 0.6) is 0 Å². The van der Waals surface area contributed by atoms with E-state index in [-0.39, 0.29) is 11.7 Å². The largest absolute Gasteiger partial charge is 0.464 e. The van der Waals surface area contributed by atoms with Gasteiger partial charge in [-0.1, -0.05) is 32.0 Å². The van der Waals surface area contributed by atoms with Crippen LogP contribution in [0.1, 0.15) is 33.3 Å². The van der Waals surface area contributed by atoms with Crippen LogP contribution in [0.15, 0.2) is 40.5 Å². The Morgan fingerprint density at radius 2 is 1.83 bits per heavy atom. The van der Waals surface area contributed by atoms with Gasteiger partial charge in [0.05, 0.1) is 6.26 Å². The average molecular weight is 242 g/mol. The van der Waals surface area contributed by atoms with Crippen molar-refractivity contribution < 1.29 is 9.21 Å². The molecule has 0 radical (unpaired) electrons. The summed E-state index contributed by atoms with van der Waals surface area (Å²) in [4.78, 5) is 11.8. The van der Waals surface area contributed by atoms with E-state index < -0.39 is 0 Å². The van der Waals surface area contributed by atoms with E-state index in [9.17, 15) is 4.79 Å². The van der Waals surface area contributed by atoms with Crippen molar-refractivity contribution >= 4 is 22.3 Å². The van der Waals surface area contributed by atoms with Crippen LogP contribution >= 0.6 is 0 Å². The van der Waals surface area contributed by atoms with Crippen molar-refractivity contribution in [3.05, 3.63) is 41.7 Å². The Morgan fingerprint density at radius 1 is 1.17 bits per heavy atom. The summed E-state index contributed by atoms with van der Waals surface area (Å²) in [7, 11) is 0. The number of Topliss-reactive ketones (excluding diaryl/α,β-unsaturated/α-hetero) is 1. The number of benzene rings is 1. The second-order valence-electron chi connectivity index (χ2n) is 4.90. The van der Waals surface area contributed by atoms with Crippen molar-refractivity contribution in [3.63, 3.8) is 0 Å². The van der Waals surface area contributed by atoms with Crippen molar-refractivity contribution in [2.24, 2.45) is 5.92 Å². The summed E-state index contributed by atoms with van der Waals surface area (Å²) < 4.78 is 5.53. The first-order chi connectivity index (χ1) is 8.52. The van der Waals surface area contributed by atoms with Crippen LogP contribution in [0.3, 0.4) is 0 Å². The lowest BCUT2D eigenvalue weighted by Crippen LogP contribution is -2.06. The summed E-state index contributed by atoms with van der Waals surface area (Å²) in [5.41, 5.74) is 3.77. The third-order valence-electron chi connectivity index (χ3n) is 3.25. The summed E-state index contributed by atoms with van der Waals surface area (Å²) in [6, 6.07) is 7.89. The first kappa shape index (κ1) is 12.6. The molecule has 0 fully saturated rings. The quantitative estimate of drug-likeness (QED) is 0.744. The van der Waals surface area contributed by atoms with Crippen molar-refractivity contribution in [1.29, 1.82) is 0 Å². The molecule has 0 N–H and O–H groups in total. The highest BCUT2D eigenvalue weighted by molar-refractivity contribution is 6.04. The normalized spacial score (nSPS) is 12.9. The molecule has 2 aromatic rings. The number of carbonyl (C=O) groups is 1. The minimum Gasteiger partial charge on any atom is -0.464 e. The fraction of sp³-hybridized carbons (Fsp3) is 0.312. The van der Waals surface area contributed by atoms with E-state index >= 15 is 0 Å². The van der Waals surface area contributed by atoms with E-state index in [2.05, 4.69) is 0 Å². The predicted molar refractivity (Wildman–Crippen MR) is 74.3 cm³/mol. The Hall–Kier alpha value is -1.83. The van der Waals surface area contributed by atoms with Gasteiger partial charge in [-0.15, -0.1) is 0 Å². The van der Waals surface area contributed by atoms with Crippen LogP contribution in [0.4, 0.5) is 0 Å². The molecular weight excluding hydrogens is 224 g/mol. The first-order valence-corrected chi connectivity index (χ1v) is 6.20. The maximum Gasteiger partial charge on any atom is 0.156 e. The lowest BCUT2D eigenvalue weighted by atomic mass is 9.91. The van der Waals surface area contributed by atoms with E-state index in [4.69, 9.17) is 4.42 Å². The number of ketones is 1. The number of para-hydroxylation sites is 1. The van der Waals surface area contributed by atoms with Crippen LogP contribution < -0.4 is 0 Å². The summed E-state index contributed by atoms with van der Waals surface area (Å²) in [6.07, 6.45) is 1.74. The van der Waals surface area contributed by atoms with E-state index in [0.717, 1.165) is 27.7 Å². The zero-order chi connectivity index (χ0) is 13.3. The summed E-state index contributed by atoms with van der Waals surface area (Å²) in [6.45, 7) is 7.71. The minimum atomic E-state index is 0.132. The summed E-state index contributed by atoms with van der Waals surface area (Å²) in [5.74, 6) is 0.351. The number of furan rings is 1. The van der Waals surface area contributed by atoms with E-state index in [1.807, 2.05) is 45.0 Å². The van der Waals surface area contributed by atoms with E-state index in [0.29, 0.717) is 0 Å². The van der Waals surface area contributed by atoms with Crippen LogP contribution in [0.2, 0.25) is 0 Å². The van der Waals surface area contributed by atoms with E-state index in [1.165, 1.54) is 0 Å². The summed E-state index contributed by atoms with van der Waals surface area (Å²) in [5, 5.41) is 1.06. The summed E-state index contributed by atoms with van der Waals surface area (Å²) >= 11 is 0. The van der Waals surface area contributed by atoms with Crippen LogP contribution in [0, 0.1) is 5.92 Å². The Balaban J connectivity index is 2.66. The molecule has 0 saturated heterocycles. The van der Waals surface area contributed by atoms with Crippen molar-refractivity contribution in [2.45, 2.75) is 27.7 Å². The third-order valence-corrected chi connectivity index (χ3v) is 3.25. The number of hydrogen-bond acceptors (Lipinski definition) is 2. The molecule has 0 amide bonds. The number of hydrogen-bond donors (Lipinski definition) is 0. The molecule has 2 rings (SSSR count). The standard InChI is InChI=1S/C16H18O2/c1-10(2)16(12(4)17)11(3)14-9-18-15-8-6-5-7-13(14)15/h5-10H,1-4H3. The van der Waals surface area contributed by atoms with Gasteiger partial charge in [-0.3, -0.25) is 4.79 Å². The second-order valence-corrected chi connectivity index (χ2v) is 4.90. The molecule has 0 aliphatic heterocycles. The van der Waals surface area contributed by atoms with Gasteiger partial charge in [0.2, 0.25) is 0 Å². The zero-order valence-corrected chi connectivity index (χ0v) is 11.3. The van der Waals surface area contributed by atoms with Gasteiger partial charge in [0, 0.05) is 16.5 Å². The number of rotatable bonds is 3. The number of allylic oxidation sites excluding steroid dienone is 2. The smallest absolute Gasteiger partial charge is 0.156 e. The van der Waals surface area contributed by atoms with Gasteiger partial charge in [-0.05, 0) is 31.4 Å². The molecule has 0 aliphatic rings. The molecule has 0 saturated carbocycles. The van der Waals surface area contributed by atoms with Crippen LogP contribution in [-0.2, 0) is 4.79 Å². The SMILES string of the molecule is CC(=O)C(=C(C)c1coc2ccccc12)C(C)C. The Bertz CT molecular complexity index is 615. The number of fused-ring (bicyclic) bond motifs is 1. The van der Waals surface area contributed by atoms with E-state index in [1.54, 1.807) is 13.2 Å². The molecule has 0 spiro atoms. The van der Waals surface area contributed by atoms with Gasteiger partial charge in [-0.25, -0.2) is 0 Å². The highest BCUT2D eigenvalue weighted by atomic mass is 16.3.